The van der Waals surface area contributed by atoms with E-state index in [1.807, 2.05) is 19.9 Å². The van der Waals surface area contributed by atoms with E-state index in [1.54, 1.807) is 12.1 Å². The van der Waals surface area contributed by atoms with Crippen LogP contribution in [-0.2, 0) is 24.3 Å². The van der Waals surface area contributed by atoms with Gasteiger partial charge in [0.15, 0.2) is 6.61 Å². The first-order valence-corrected chi connectivity index (χ1v) is 10.9. The molecule has 1 amide bonds. The minimum Gasteiger partial charge on any atom is -0.454 e. The first kappa shape index (κ1) is 23.8. The molecule has 0 radical (unpaired) electrons. The van der Waals surface area contributed by atoms with Crippen molar-refractivity contribution in [3.05, 3.63) is 58.6 Å². The predicted molar refractivity (Wildman–Crippen MR) is 113 cm³/mol. The molecule has 0 aliphatic heterocycles. The summed E-state index contributed by atoms with van der Waals surface area (Å²) in [5.74, 6) is -1.69. The lowest BCUT2D eigenvalue weighted by molar-refractivity contribution is -0.151. The zero-order chi connectivity index (χ0) is 22.5. The van der Waals surface area contributed by atoms with Crippen LogP contribution in [0.15, 0.2) is 47.4 Å². The van der Waals surface area contributed by atoms with Crippen molar-refractivity contribution in [3.8, 4) is 0 Å². The Morgan fingerprint density at radius 1 is 1.10 bits per heavy atom. The van der Waals surface area contributed by atoms with Gasteiger partial charge in [-0.2, -0.15) is 4.72 Å². The molecule has 0 fully saturated rings. The summed E-state index contributed by atoms with van der Waals surface area (Å²) in [4.78, 5) is 24.2. The van der Waals surface area contributed by atoms with Gasteiger partial charge in [-0.05, 0) is 68.3 Å². The zero-order valence-corrected chi connectivity index (χ0v) is 18.3. The Hall–Kier alpha value is -2.46. The molecule has 2 rings (SSSR count). The maximum atomic E-state index is 12.4. The van der Waals surface area contributed by atoms with E-state index in [2.05, 4.69) is 10.0 Å². The lowest BCUT2D eigenvalue weighted by Gasteiger charge is -2.20. The summed E-state index contributed by atoms with van der Waals surface area (Å²) in [5.41, 5.74) is 2.58. The summed E-state index contributed by atoms with van der Waals surface area (Å²) in [6, 6.07) is 8.99. The molecule has 0 saturated carbocycles. The highest BCUT2D eigenvalue weighted by Crippen LogP contribution is 2.16. The molecule has 0 unspecified atom stereocenters. The molecule has 162 valence electrons. The number of benzene rings is 2. The number of anilines is 1. The highest BCUT2D eigenvalue weighted by molar-refractivity contribution is 7.89. The summed E-state index contributed by atoms with van der Waals surface area (Å²) in [6.07, 6.45) is -1.40. The van der Waals surface area contributed by atoms with Gasteiger partial charge in [0.05, 0.1) is 11.0 Å². The van der Waals surface area contributed by atoms with E-state index in [0.29, 0.717) is 10.7 Å². The van der Waals surface area contributed by atoms with E-state index in [4.69, 9.17) is 16.3 Å². The molecule has 2 atom stereocenters. The van der Waals surface area contributed by atoms with E-state index >= 15 is 0 Å². The number of aryl methyl sites for hydroxylation is 2. The van der Waals surface area contributed by atoms with Crippen molar-refractivity contribution in [2.24, 2.45) is 0 Å². The average molecular weight is 455 g/mol. The minimum atomic E-state index is -4.13. The fraction of sp³-hybridized carbons (Fsp3) is 0.300. The van der Waals surface area contributed by atoms with Gasteiger partial charge in [0.25, 0.3) is 5.91 Å². The quantitative estimate of drug-likeness (QED) is 0.525. The van der Waals surface area contributed by atoms with Crippen molar-refractivity contribution in [1.29, 1.82) is 0 Å². The molecule has 0 spiro atoms. The molecule has 30 heavy (non-hydrogen) atoms. The smallest absolute Gasteiger partial charge is 0.327 e. The molecule has 0 aliphatic rings. The van der Waals surface area contributed by atoms with E-state index in [1.165, 1.54) is 31.2 Å². The SMILES string of the molecule is Cc1ccc(NC(=O)COC(=O)[C@H](NS(=O)(=O)c2ccc(Cl)cc2)[C@@H](C)O)cc1C. The molecule has 0 heterocycles. The van der Waals surface area contributed by atoms with Crippen molar-refractivity contribution < 1.29 is 27.9 Å². The Morgan fingerprint density at radius 3 is 2.30 bits per heavy atom. The van der Waals surface area contributed by atoms with Gasteiger partial charge >= 0.3 is 5.97 Å². The number of rotatable bonds is 8. The third-order valence-corrected chi connectivity index (χ3v) is 5.99. The van der Waals surface area contributed by atoms with Crippen LogP contribution in [0.25, 0.3) is 0 Å². The van der Waals surface area contributed by atoms with Gasteiger partial charge in [0.2, 0.25) is 10.0 Å². The Bertz CT molecular complexity index is 1020. The number of hydrogen-bond donors (Lipinski definition) is 3. The van der Waals surface area contributed by atoms with Crippen LogP contribution in [0.5, 0.6) is 0 Å². The van der Waals surface area contributed by atoms with Crippen molar-refractivity contribution in [1.82, 2.24) is 4.72 Å². The third kappa shape index (κ3) is 6.53. The second-order valence-electron chi connectivity index (χ2n) is 6.75. The molecule has 10 heteroatoms. The highest BCUT2D eigenvalue weighted by atomic mass is 35.5. The normalized spacial score (nSPS) is 13.4. The maximum Gasteiger partial charge on any atom is 0.327 e. The molecular weight excluding hydrogens is 432 g/mol. The minimum absolute atomic E-state index is 0.141. The standard InChI is InChI=1S/C20H23ClN2O6S/c1-12-4-7-16(10-13(12)2)22-18(25)11-29-20(26)19(14(3)24)23-30(27,28)17-8-5-15(21)6-9-17/h4-10,14,19,23-24H,11H2,1-3H3,(H,22,25)/t14-,19-/m1/s1. The lowest BCUT2D eigenvalue weighted by Crippen LogP contribution is -2.48. The number of aliphatic hydroxyl groups is 1. The Labute approximate surface area is 180 Å². The van der Waals surface area contributed by atoms with Crippen molar-refractivity contribution >= 4 is 39.2 Å². The molecule has 8 nitrogen and oxygen atoms in total. The van der Waals surface area contributed by atoms with Crippen molar-refractivity contribution in [2.45, 2.75) is 37.8 Å². The molecular formula is C20H23ClN2O6S. The molecule has 0 saturated heterocycles. The number of esters is 1. The Kier molecular flexibility index (Phi) is 7.96. The largest absolute Gasteiger partial charge is 0.454 e. The number of carbonyl (C=O) groups is 2. The zero-order valence-electron chi connectivity index (χ0n) is 16.7. The fourth-order valence-corrected chi connectivity index (χ4v) is 3.82. The first-order chi connectivity index (χ1) is 14.0. The van der Waals surface area contributed by atoms with E-state index in [9.17, 15) is 23.1 Å². The highest BCUT2D eigenvalue weighted by Gasteiger charge is 2.31. The lowest BCUT2D eigenvalue weighted by atomic mass is 10.1. The number of sulfonamides is 1. The van der Waals surface area contributed by atoms with E-state index in [-0.39, 0.29) is 4.90 Å². The van der Waals surface area contributed by atoms with Crippen molar-refractivity contribution in [3.63, 3.8) is 0 Å². The second kappa shape index (κ2) is 10.0. The van der Waals surface area contributed by atoms with E-state index < -0.39 is 40.7 Å². The first-order valence-electron chi connectivity index (χ1n) is 8.99. The van der Waals surface area contributed by atoms with Crippen LogP contribution >= 0.6 is 11.6 Å². The molecule has 2 aromatic rings. The number of ether oxygens (including phenoxy) is 1. The van der Waals surface area contributed by atoms with E-state index in [0.717, 1.165) is 11.1 Å². The molecule has 2 aromatic carbocycles. The van der Waals surface area contributed by atoms with Crippen LogP contribution in [0.3, 0.4) is 0 Å². The van der Waals surface area contributed by atoms with Gasteiger partial charge in [-0.15, -0.1) is 0 Å². The predicted octanol–water partition coefficient (Wildman–Crippen LogP) is 2.17. The molecule has 0 aromatic heterocycles. The van der Waals surface area contributed by atoms with Crippen LogP contribution < -0.4 is 10.0 Å². The number of amides is 1. The van der Waals surface area contributed by atoms with Gasteiger partial charge in [-0.25, -0.2) is 8.42 Å². The monoisotopic (exact) mass is 454 g/mol. The topological polar surface area (TPSA) is 122 Å². The number of carbonyl (C=O) groups excluding carboxylic acids is 2. The second-order valence-corrected chi connectivity index (χ2v) is 8.90. The number of nitrogens with one attached hydrogen (secondary N) is 2. The van der Waals surface area contributed by atoms with Crippen LogP contribution in [-0.4, -0.2) is 44.2 Å². The summed E-state index contributed by atoms with van der Waals surface area (Å²) < 4.78 is 31.9. The summed E-state index contributed by atoms with van der Waals surface area (Å²) in [5, 5.41) is 12.8. The van der Waals surface area contributed by atoms with Gasteiger partial charge in [-0.1, -0.05) is 17.7 Å². The third-order valence-electron chi connectivity index (χ3n) is 4.28. The summed E-state index contributed by atoms with van der Waals surface area (Å²) >= 11 is 5.75. The van der Waals surface area contributed by atoms with Crippen molar-refractivity contribution in [2.75, 3.05) is 11.9 Å². The fourth-order valence-electron chi connectivity index (χ4n) is 2.44. The molecule has 3 N–H and O–H groups in total. The van der Waals surface area contributed by atoms with Crippen LogP contribution in [0.1, 0.15) is 18.1 Å². The molecule has 0 aliphatic carbocycles. The number of hydrogen-bond acceptors (Lipinski definition) is 6. The Balaban J connectivity index is 2.00. The number of aliphatic hydroxyl groups excluding tert-OH is 1. The van der Waals surface area contributed by atoms with Gasteiger partial charge < -0.3 is 15.2 Å². The van der Waals surface area contributed by atoms with Crippen LogP contribution in [0.2, 0.25) is 5.02 Å². The van der Waals surface area contributed by atoms with Gasteiger partial charge in [-0.3, -0.25) is 9.59 Å². The van der Waals surface area contributed by atoms with Crippen LogP contribution in [0, 0.1) is 13.8 Å². The summed E-state index contributed by atoms with van der Waals surface area (Å²) in [6.45, 7) is 4.41. The maximum absolute atomic E-state index is 12.4. The van der Waals surface area contributed by atoms with Crippen LogP contribution in [0.4, 0.5) is 5.69 Å². The average Bonchev–Trinajstić information content (AvgIpc) is 2.67. The number of halogens is 1. The summed E-state index contributed by atoms with van der Waals surface area (Å²) in [7, 11) is -4.13. The Morgan fingerprint density at radius 2 is 1.73 bits per heavy atom. The molecule has 0 bridgehead atoms. The van der Waals surface area contributed by atoms with Gasteiger partial charge in [0, 0.05) is 10.7 Å². The van der Waals surface area contributed by atoms with Gasteiger partial charge in [0.1, 0.15) is 6.04 Å².